The van der Waals surface area contributed by atoms with Crippen LogP contribution in [0, 0.1) is 28.6 Å². The molecule has 0 radical (unpaired) electrons. The van der Waals surface area contributed by atoms with Gasteiger partial charge in [-0.25, -0.2) is 0 Å². The van der Waals surface area contributed by atoms with E-state index in [1.54, 1.807) is 0 Å². The predicted molar refractivity (Wildman–Crippen MR) is 93.2 cm³/mol. The number of aliphatic hydroxyl groups is 3. The first-order valence-corrected chi connectivity index (χ1v) is 10.0. The standard InChI is InChI=1S/C20H35NO3/c1-17-7-5-14(23)11-13(17)3-4-16-15(17)6-8-18(2)19(21,12-22)9-10-20(16,18)24/h13-16,22-24H,3-12,21H2,1-2H3/t13-,14+,15+,16-,17+,18-,19+,20+/m1/s1. The number of fused-ring (bicyclic) bond motifs is 5. The molecule has 4 nitrogen and oxygen atoms in total. The normalized spacial score (nSPS) is 60.2. The summed E-state index contributed by atoms with van der Waals surface area (Å²) in [5, 5.41) is 31.9. The number of hydrogen-bond donors (Lipinski definition) is 4. The highest BCUT2D eigenvalue weighted by molar-refractivity contribution is 5.23. The van der Waals surface area contributed by atoms with E-state index in [9.17, 15) is 15.3 Å². The van der Waals surface area contributed by atoms with Gasteiger partial charge in [0.2, 0.25) is 0 Å². The molecule has 24 heavy (non-hydrogen) atoms. The van der Waals surface area contributed by atoms with Crippen LogP contribution in [-0.2, 0) is 0 Å². The second-order valence-corrected chi connectivity index (χ2v) is 10.0. The zero-order valence-electron chi connectivity index (χ0n) is 15.3. The molecule has 5 N–H and O–H groups in total. The molecule has 4 rings (SSSR count). The van der Waals surface area contributed by atoms with Crippen LogP contribution in [0.2, 0.25) is 0 Å². The average Bonchev–Trinajstić information content (AvgIpc) is 2.77. The molecule has 0 bridgehead atoms. The van der Waals surface area contributed by atoms with Crippen molar-refractivity contribution in [3.05, 3.63) is 0 Å². The van der Waals surface area contributed by atoms with Crippen molar-refractivity contribution in [3.8, 4) is 0 Å². The molecule has 0 saturated heterocycles. The van der Waals surface area contributed by atoms with E-state index in [4.69, 9.17) is 5.73 Å². The monoisotopic (exact) mass is 337 g/mol. The molecular formula is C20H35NO3. The van der Waals surface area contributed by atoms with Gasteiger partial charge in [0.15, 0.2) is 0 Å². The second kappa shape index (κ2) is 5.18. The fourth-order valence-corrected chi connectivity index (χ4v) is 7.63. The van der Waals surface area contributed by atoms with Crippen molar-refractivity contribution in [1.29, 1.82) is 0 Å². The Morgan fingerprint density at radius 3 is 2.42 bits per heavy atom. The second-order valence-electron chi connectivity index (χ2n) is 10.0. The maximum absolute atomic E-state index is 11.8. The molecule has 0 aromatic heterocycles. The van der Waals surface area contributed by atoms with E-state index in [0.29, 0.717) is 17.8 Å². The minimum absolute atomic E-state index is 0.0325. The van der Waals surface area contributed by atoms with Crippen LogP contribution in [0.5, 0.6) is 0 Å². The van der Waals surface area contributed by atoms with Crippen LogP contribution in [0.4, 0.5) is 0 Å². The molecule has 8 atom stereocenters. The Morgan fingerprint density at radius 2 is 1.71 bits per heavy atom. The van der Waals surface area contributed by atoms with Crippen molar-refractivity contribution in [2.45, 2.75) is 88.9 Å². The molecule has 138 valence electrons. The van der Waals surface area contributed by atoms with Crippen molar-refractivity contribution in [2.24, 2.45) is 34.3 Å². The lowest BCUT2D eigenvalue weighted by Gasteiger charge is -2.64. The molecule has 4 aliphatic rings. The Bertz CT molecular complexity index is 527. The number of rotatable bonds is 1. The van der Waals surface area contributed by atoms with Gasteiger partial charge in [0.25, 0.3) is 0 Å². The molecule has 0 aliphatic heterocycles. The summed E-state index contributed by atoms with van der Waals surface area (Å²) in [4.78, 5) is 0. The number of aliphatic hydroxyl groups excluding tert-OH is 2. The van der Waals surface area contributed by atoms with Crippen LogP contribution >= 0.6 is 0 Å². The van der Waals surface area contributed by atoms with Gasteiger partial charge < -0.3 is 21.1 Å². The van der Waals surface area contributed by atoms with E-state index in [0.717, 1.165) is 57.8 Å². The molecule has 0 spiro atoms. The molecule has 4 fully saturated rings. The summed E-state index contributed by atoms with van der Waals surface area (Å²) in [5.41, 5.74) is 5.08. The van der Waals surface area contributed by atoms with Gasteiger partial charge in [-0.05, 0) is 81.0 Å². The minimum Gasteiger partial charge on any atom is -0.394 e. The van der Waals surface area contributed by atoms with E-state index in [2.05, 4.69) is 13.8 Å². The Morgan fingerprint density at radius 1 is 0.958 bits per heavy atom. The van der Waals surface area contributed by atoms with Gasteiger partial charge in [0.1, 0.15) is 0 Å². The van der Waals surface area contributed by atoms with Gasteiger partial charge in [-0.3, -0.25) is 0 Å². The predicted octanol–water partition coefficient (Wildman–Crippen LogP) is 2.19. The summed E-state index contributed by atoms with van der Waals surface area (Å²) in [6.07, 6.45) is 8.42. The van der Waals surface area contributed by atoms with Crippen molar-refractivity contribution < 1.29 is 15.3 Å². The first kappa shape index (κ1) is 17.3. The molecule has 4 saturated carbocycles. The molecular weight excluding hydrogens is 302 g/mol. The highest BCUT2D eigenvalue weighted by Gasteiger charge is 2.70. The van der Waals surface area contributed by atoms with Crippen LogP contribution in [-0.4, -0.2) is 39.2 Å². The SMILES string of the molecule is C[C@]12CC[C@H](O)C[C@H]1CC[C@@H]1[C@@H]2CC[C@]2(C)[C@@](N)(CO)CC[C@]12O. The topological polar surface area (TPSA) is 86.7 Å². The Hall–Kier alpha value is -0.160. The van der Waals surface area contributed by atoms with Crippen molar-refractivity contribution >= 4 is 0 Å². The van der Waals surface area contributed by atoms with Gasteiger partial charge in [0.05, 0.1) is 18.3 Å². The van der Waals surface area contributed by atoms with Gasteiger partial charge in [-0.2, -0.15) is 0 Å². The zero-order valence-corrected chi connectivity index (χ0v) is 15.3. The fourth-order valence-electron chi connectivity index (χ4n) is 7.63. The van der Waals surface area contributed by atoms with Crippen LogP contribution in [0.15, 0.2) is 0 Å². The largest absolute Gasteiger partial charge is 0.394 e. The highest BCUT2D eigenvalue weighted by atomic mass is 16.3. The maximum Gasteiger partial charge on any atom is 0.0751 e. The summed E-state index contributed by atoms with van der Waals surface area (Å²) in [5.74, 6) is 1.42. The van der Waals surface area contributed by atoms with E-state index in [-0.39, 0.29) is 23.5 Å². The molecule has 0 unspecified atom stereocenters. The third-order valence-electron chi connectivity index (χ3n) is 9.52. The van der Waals surface area contributed by atoms with E-state index in [1.807, 2.05) is 0 Å². The smallest absolute Gasteiger partial charge is 0.0751 e. The van der Waals surface area contributed by atoms with Crippen LogP contribution < -0.4 is 5.73 Å². The van der Waals surface area contributed by atoms with Gasteiger partial charge in [-0.15, -0.1) is 0 Å². The summed E-state index contributed by atoms with van der Waals surface area (Å²) >= 11 is 0. The highest BCUT2D eigenvalue weighted by Crippen LogP contribution is 2.69. The van der Waals surface area contributed by atoms with Gasteiger partial charge in [0, 0.05) is 11.0 Å². The van der Waals surface area contributed by atoms with Gasteiger partial charge >= 0.3 is 0 Å². The van der Waals surface area contributed by atoms with E-state index < -0.39 is 11.1 Å². The number of hydrogen-bond acceptors (Lipinski definition) is 4. The summed E-state index contributed by atoms with van der Waals surface area (Å²) in [6.45, 7) is 4.52. The van der Waals surface area contributed by atoms with E-state index in [1.165, 1.54) is 0 Å². The number of nitrogens with two attached hydrogens (primary N) is 1. The zero-order chi connectivity index (χ0) is 17.4. The molecule has 0 aromatic rings. The first-order valence-electron chi connectivity index (χ1n) is 10.0. The van der Waals surface area contributed by atoms with Crippen molar-refractivity contribution in [1.82, 2.24) is 0 Å². The molecule has 0 amide bonds. The first-order chi connectivity index (χ1) is 11.2. The lowest BCUT2D eigenvalue weighted by Crippen LogP contribution is -2.68. The van der Waals surface area contributed by atoms with Crippen LogP contribution in [0.1, 0.15) is 71.6 Å². The average molecular weight is 338 g/mol. The molecule has 0 aromatic carbocycles. The Kier molecular flexibility index (Phi) is 3.73. The van der Waals surface area contributed by atoms with Gasteiger partial charge in [-0.1, -0.05) is 13.8 Å². The third-order valence-corrected chi connectivity index (χ3v) is 9.52. The Labute approximate surface area is 145 Å². The Balaban J connectivity index is 1.69. The minimum atomic E-state index is -0.739. The summed E-state index contributed by atoms with van der Waals surface area (Å²) in [7, 11) is 0. The lowest BCUT2D eigenvalue weighted by atomic mass is 9.43. The van der Waals surface area contributed by atoms with Crippen LogP contribution in [0.25, 0.3) is 0 Å². The quantitative estimate of drug-likeness (QED) is 0.591. The summed E-state index contributed by atoms with van der Waals surface area (Å²) in [6, 6.07) is 0. The molecule has 0 heterocycles. The summed E-state index contributed by atoms with van der Waals surface area (Å²) < 4.78 is 0. The molecule has 4 heteroatoms. The fraction of sp³-hybridized carbons (Fsp3) is 1.00. The maximum atomic E-state index is 11.8. The van der Waals surface area contributed by atoms with Crippen molar-refractivity contribution in [3.63, 3.8) is 0 Å². The molecule has 4 aliphatic carbocycles. The lowest BCUT2D eigenvalue weighted by molar-refractivity contribution is -0.214. The van der Waals surface area contributed by atoms with Crippen molar-refractivity contribution in [2.75, 3.05) is 6.61 Å². The van der Waals surface area contributed by atoms with Crippen LogP contribution in [0.3, 0.4) is 0 Å². The third kappa shape index (κ3) is 1.89. The van der Waals surface area contributed by atoms with E-state index >= 15 is 0 Å².